The van der Waals surface area contributed by atoms with Crippen molar-refractivity contribution in [3.63, 3.8) is 0 Å². The summed E-state index contributed by atoms with van der Waals surface area (Å²) in [5, 5.41) is 0. The first-order valence-electron chi connectivity index (χ1n) is 18.6. The van der Waals surface area contributed by atoms with Crippen LogP contribution in [-0.4, -0.2) is 36.5 Å². The second kappa shape index (κ2) is 29.0. The second-order valence-corrected chi connectivity index (χ2v) is 13.2. The summed E-state index contributed by atoms with van der Waals surface area (Å²) >= 11 is 0. The number of carbonyl (C=O) groups is 2. The summed E-state index contributed by atoms with van der Waals surface area (Å²) in [6, 6.07) is 0. The van der Waals surface area contributed by atoms with Crippen molar-refractivity contribution in [2.75, 3.05) is 13.6 Å². The lowest BCUT2D eigenvalue weighted by molar-refractivity contribution is -0.148. The molecule has 1 aliphatic rings. The number of ether oxygens (including phenoxy) is 1. The lowest BCUT2D eigenvalue weighted by Gasteiger charge is -2.11. The smallest absolute Gasteiger partial charge is 0.306 e. The van der Waals surface area contributed by atoms with Gasteiger partial charge in [0.25, 0.3) is 0 Å². The van der Waals surface area contributed by atoms with Gasteiger partial charge >= 0.3 is 5.97 Å². The van der Waals surface area contributed by atoms with Gasteiger partial charge in [-0.3, -0.25) is 9.59 Å². The van der Waals surface area contributed by atoms with Crippen LogP contribution in [0.2, 0.25) is 0 Å². The highest BCUT2D eigenvalue weighted by Crippen LogP contribution is 2.17. The average Bonchev–Trinajstić information content (AvgIpc) is 3.27. The molecule has 1 amide bonds. The molecule has 4 heteroatoms. The van der Waals surface area contributed by atoms with Gasteiger partial charge in [-0.2, -0.15) is 0 Å². The van der Waals surface area contributed by atoms with E-state index in [0.717, 1.165) is 12.8 Å². The van der Waals surface area contributed by atoms with Gasteiger partial charge in [-0.05, 0) is 6.42 Å². The molecule has 0 saturated carbocycles. The summed E-state index contributed by atoms with van der Waals surface area (Å²) < 4.78 is 5.41. The minimum absolute atomic E-state index is 0.0727. The van der Waals surface area contributed by atoms with E-state index in [4.69, 9.17) is 4.74 Å². The first-order chi connectivity index (χ1) is 20.1. The predicted octanol–water partition coefficient (Wildman–Crippen LogP) is 11.5. The third-order valence-corrected chi connectivity index (χ3v) is 9.09. The van der Waals surface area contributed by atoms with E-state index < -0.39 is 0 Å². The maximum atomic E-state index is 11.9. The zero-order valence-electron chi connectivity index (χ0n) is 27.9. The SMILES string of the molecule is CCCCCCCCCCCCCCCCCCCCCCCCCCCCCCCC(=O)O[C@@H]1CC(=O)N(C)C1. The highest BCUT2D eigenvalue weighted by atomic mass is 16.5. The molecule has 0 unspecified atom stereocenters. The highest BCUT2D eigenvalue weighted by molar-refractivity contribution is 5.79. The Kier molecular flexibility index (Phi) is 26.9. The first kappa shape index (κ1) is 38.0. The van der Waals surface area contributed by atoms with Crippen molar-refractivity contribution in [3.8, 4) is 0 Å². The highest BCUT2D eigenvalue weighted by Gasteiger charge is 2.29. The summed E-state index contributed by atoms with van der Waals surface area (Å²) in [6.45, 7) is 2.84. The molecule has 41 heavy (non-hydrogen) atoms. The Labute approximate surface area is 256 Å². The molecule has 0 aromatic rings. The van der Waals surface area contributed by atoms with E-state index in [1.54, 1.807) is 11.9 Å². The number of esters is 1. The van der Waals surface area contributed by atoms with Gasteiger partial charge in [-0.25, -0.2) is 0 Å². The van der Waals surface area contributed by atoms with Crippen LogP contribution in [0.25, 0.3) is 0 Å². The number of carbonyl (C=O) groups excluding carboxylic acids is 2. The molecule has 0 bridgehead atoms. The Hall–Kier alpha value is -1.06. The second-order valence-electron chi connectivity index (χ2n) is 13.2. The third-order valence-electron chi connectivity index (χ3n) is 9.09. The van der Waals surface area contributed by atoms with Crippen LogP contribution in [0.4, 0.5) is 0 Å². The van der Waals surface area contributed by atoms with Gasteiger partial charge in [0.05, 0.1) is 13.0 Å². The fourth-order valence-electron chi connectivity index (χ4n) is 6.26. The van der Waals surface area contributed by atoms with Crippen molar-refractivity contribution in [2.45, 2.75) is 212 Å². The van der Waals surface area contributed by atoms with Crippen LogP contribution in [-0.2, 0) is 14.3 Å². The molecule has 0 aromatic carbocycles. The molecule has 1 aliphatic heterocycles. The number of amides is 1. The Morgan fingerprint density at radius 3 is 1.12 bits per heavy atom. The third kappa shape index (κ3) is 25.2. The van der Waals surface area contributed by atoms with Gasteiger partial charge in [0, 0.05) is 13.5 Å². The standard InChI is InChI=1S/C37H71NO3/c1-3-4-5-6-7-8-9-10-11-12-13-14-15-16-17-18-19-20-21-22-23-24-25-26-27-28-29-30-31-32-37(40)41-35-33-36(39)38(2)34-35/h35H,3-34H2,1-2H3/t35-/m1/s1. The summed E-state index contributed by atoms with van der Waals surface area (Å²) in [7, 11) is 1.76. The molecular formula is C37H71NO3. The minimum atomic E-state index is -0.233. The van der Waals surface area contributed by atoms with E-state index in [1.807, 2.05) is 0 Å². The Morgan fingerprint density at radius 1 is 0.561 bits per heavy atom. The lowest BCUT2D eigenvalue weighted by Crippen LogP contribution is -2.23. The van der Waals surface area contributed by atoms with Crippen molar-refractivity contribution in [1.29, 1.82) is 0 Å². The summed E-state index contributed by atoms with van der Waals surface area (Å²) in [5.41, 5.74) is 0. The first-order valence-corrected chi connectivity index (χ1v) is 18.6. The van der Waals surface area contributed by atoms with Crippen LogP contribution in [0.5, 0.6) is 0 Å². The fraction of sp³-hybridized carbons (Fsp3) is 0.946. The normalized spacial score (nSPS) is 15.2. The largest absolute Gasteiger partial charge is 0.460 e. The van der Waals surface area contributed by atoms with Crippen molar-refractivity contribution < 1.29 is 14.3 Å². The van der Waals surface area contributed by atoms with Crippen molar-refractivity contribution in [2.24, 2.45) is 0 Å². The molecular weight excluding hydrogens is 506 g/mol. The van der Waals surface area contributed by atoms with Crippen LogP contribution in [0, 0.1) is 0 Å². The van der Waals surface area contributed by atoms with Crippen LogP contribution in [0.15, 0.2) is 0 Å². The van der Waals surface area contributed by atoms with E-state index in [1.165, 1.54) is 173 Å². The van der Waals surface area contributed by atoms with Gasteiger partial charge in [0.15, 0.2) is 0 Å². The summed E-state index contributed by atoms with van der Waals surface area (Å²) in [4.78, 5) is 25.0. The lowest BCUT2D eigenvalue weighted by atomic mass is 10.0. The van der Waals surface area contributed by atoms with Gasteiger partial charge in [-0.15, -0.1) is 0 Å². The van der Waals surface area contributed by atoms with Gasteiger partial charge in [0.2, 0.25) is 5.91 Å². The predicted molar refractivity (Wildman–Crippen MR) is 176 cm³/mol. The molecule has 0 radical (unpaired) electrons. The van der Waals surface area contributed by atoms with Gasteiger partial charge in [-0.1, -0.05) is 187 Å². The van der Waals surface area contributed by atoms with Gasteiger partial charge < -0.3 is 9.64 Å². The molecule has 1 atom stereocenters. The van der Waals surface area contributed by atoms with E-state index in [9.17, 15) is 9.59 Å². The average molecular weight is 578 g/mol. The van der Waals surface area contributed by atoms with Gasteiger partial charge in [0.1, 0.15) is 6.10 Å². The minimum Gasteiger partial charge on any atom is -0.460 e. The van der Waals surface area contributed by atoms with Crippen LogP contribution in [0.1, 0.15) is 206 Å². The Morgan fingerprint density at radius 2 is 0.854 bits per heavy atom. The molecule has 4 nitrogen and oxygen atoms in total. The monoisotopic (exact) mass is 578 g/mol. The molecule has 0 N–H and O–H groups in total. The fourth-order valence-corrected chi connectivity index (χ4v) is 6.26. The van der Waals surface area contributed by atoms with E-state index >= 15 is 0 Å². The molecule has 1 saturated heterocycles. The van der Waals surface area contributed by atoms with Crippen molar-refractivity contribution >= 4 is 11.9 Å². The van der Waals surface area contributed by atoms with Crippen molar-refractivity contribution in [1.82, 2.24) is 4.90 Å². The van der Waals surface area contributed by atoms with Crippen LogP contribution in [0.3, 0.4) is 0 Å². The molecule has 1 fully saturated rings. The number of rotatable bonds is 31. The topological polar surface area (TPSA) is 46.6 Å². The molecule has 0 aliphatic carbocycles. The number of hydrogen-bond donors (Lipinski definition) is 0. The number of unbranched alkanes of at least 4 members (excludes halogenated alkanes) is 28. The number of hydrogen-bond acceptors (Lipinski definition) is 3. The zero-order chi connectivity index (χ0) is 29.6. The molecule has 1 rings (SSSR count). The molecule has 242 valence electrons. The Balaban J connectivity index is 1.66. The maximum Gasteiger partial charge on any atom is 0.306 e. The van der Waals surface area contributed by atoms with E-state index in [0.29, 0.717) is 19.4 Å². The molecule has 0 aromatic heterocycles. The number of likely N-dealkylation sites (N-methyl/N-ethyl adjacent to an activating group) is 1. The summed E-state index contributed by atoms with van der Waals surface area (Å²) in [6.07, 6.45) is 41.2. The van der Waals surface area contributed by atoms with E-state index in [2.05, 4.69) is 6.92 Å². The Bertz CT molecular complexity index is 593. The van der Waals surface area contributed by atoms with Crippen LogP contribution < -0.4 is 0 Å². The molecule has 1 heterocycles. The zero-order valence-corrected chi connectivity index (χ0v) is 27.9. The van der Waals surface area contributed by atoms with Crippen molar-refractivity contribution in [3.05, 3.63) is 0 Å². The maximum absolute atomic E-state index is 11.9. The van der Waals surface area contributed by atoms with E-state index in [-0.39, 0.29) is 18.0 Å². The quantitative estimate of drug-likeness (QED) is 0.0608. The number of nitrogens with zero attached hydrogens (tertiary/aromatic N) is 1. The number of likely N-dealkylation sites (tertiary alicyclic amines) is 1. The molecule has 0 spiro atoms. The van der Waals surface area contributed by atoms with Crippen LogP contribution >= 0.6 is 0 Å². The summed E-state index contributed by atoms with van der Waals surface area (Å²) in [5.74, 6) is -0.0633.